The lowest BCUT2D eigenvalue weighted by Gasteiger charge is -2.16. The first-order valence-corrected chi connectivity index (χ1v) is 6.22. The second-order valence-electron chi connectivity index (χ2n) is 4.52. The van der Waals surface area contributed by atoms with Crippen LogP contribution in [0.15, 0.2) is 42.5 Å². The first kappa shape index (κ1) is 14.5. The third-order valence-electron chi connectivity index (χ3n) is 3.07. The number of hydrogen-bond donors (Lipinski definition) is 1. The van der Waals surface area contributed by atoms with E-state index >= 15 is 0 Å². The zero-order valence-electron chi connectivity index (χ0n) is 11.2. The van der Waals surface area contributed by atoms with Crippen LogP contribution in [-0.2, 0) is 0 Å². The highest BCUT2D eigenvalue weighted by Crippen LogP contribution is 2.25. The normalized spacial score (nSPS) is 11.5. The Balaban J connectivity index is 2.22. The summed E-state index contributed by atoms with van der Waals surface area (Å²) in [5.41, 5.74) is 1.28. The molecule has 2 aromatic rings. The highest BCUT2D eigenvalue weighted by atomic mass is 19.1. The van der Waals surface area contributed by atoms with Gasteiger partial charge in [0, 0.05) is 18.2 Å². The number of hydrogen-bond acceptors (Lipinski definition) is 4. The molecule has 0 spiro atoms. The van der Waals surface area contributed by atoms with E-state index in [0.29, 0.717) is 5.56 Å². The third kappa shape index (κ3) is 3.34. The van der Waals surface area contributed by atoms with Gasteiger partial charge < -0.3 is 5.32 Å². The van der Waals surface area contributed by atoms with E-state index in [-0.39, 0.29) is 17.4 Å². The minimum atomic E-state index is -0.572. The van der Waals surface area contributed by atoms with Crippen LogP contribution in [0, 0.1) is 27.3 Å². The second kappa shape index (κ2) is 6.01. The Kier molecular flexibility index (Phi) is 4.14. The van der Waals surface area contributed by atoms with E-state index < -0.39 is 10.7 Å². The summed E-state index contributed by atoms with van der Waals surface area (Å²) in [6.07, 6.45) is 0. The van der Waals surface area contributed by atoms with Crippen molar-refractivity contribution in [2.24, 2.45) is 0 Å². The highest BCUT2D eigenvalue weighted by molar-refractivity contribution is 5.53. The van der Waals surface area contributed by atoms with Crippen molar-refractivity contribution in [3.63, 3.8) is 0 Å². The predicted octanol–water partition coefficient (Wildman–Crippen LogP) is 3.78. The van der Waals surface area contributed by atoms with Gasteiger partial charge in [0.1, 0.15) is 5.82 Å². The van der Waals surface area contributed by atoms with Crippen molar-refractivity contribution in [1.82, 2.24) is 0 Å². The van der Waals surface area contributed by atoms with Crippen LogP contribution in [0.25, 0.3) is 0 Å². The zero-order valence-corrected chi connectivity index (χ0v) is 11.2. The molecule has 1 atom stereocenters. The van der Waals surface area contributed by atoms with Gasteiger partial charge in [-0.25, -0.2) is 4.39 Å². The minimum Gasteiger partial charge on any atom is -0.376 e. The van der Waals surface area contributed by atoms with Crippen molar-refractivity contribution in [1.29, 1.82) is 5.26 Å². The van der Waals surface area contributed by atoms with Gasteiger partial charge in [0.05, 0.1) is 22.2 Å². The summed E-state index contributed by atoms with van der Waals surface area (Å²) < 4.78 is 13.7. The van der Waals surface area contributed by atoms with Gasteiger partial charge in [-0.3, -0.25) is 10.1 Å². The Hall–Kier alpha value is -2.94. The van der Waals surface area contributed by atoms with E-state index in [1.807, 2.05) is 6.07 Å². The Bertz CT molecular complexity index is 708. The highest BCUT2D eigenvalue weighted by Gasteiger charge is 2.13. The van der Waals surface area contributed by atoms with Crippen LogP contribution in [0.3, 0.4) is 0 Å². The number of anilines is 1. The molecule has 0 amide bonds. The number of non-ortho nitro benzene ring substituents is 1. The molecule has 0 saturated carbocycles. The Morgan fingerprint density at radius 2 is 1.95 bits per heavy atom. The number of nitro groups is 1. The van der Waals surface area contributed by atoms with Gasteiger partial charge in [0.25, 0.3) is 5.69 Å². The van der Waals surface area contributed by atoms with Crippen LogP contribution in [0.2, 0.25) is 0 Å². The Labute approximate surface area is 120 Å². The maximum Gasteiger partial charge on any atom is 0.271 e. The number of benzene rings is 2. The average molecular weight is 285 g/mol. The molecular weight excluding hydrogens is 273 g/mol. The molecule has 0 saturated heterocycles. The van der Waals surface area contributed by atoms with Crippen molar-refractivity contribution in [3.8, 4) is 6.07 Å². The number of halogens is 1. The third-order valence-corrected chi connectivity index (χ3v) is 3.07. The maximum absolute atomic E-state index is 13.7. The summed E-state index contributed by atoms with van der Waals surface area (Å²) >= 11 is 0. The van der Waals surface area contributed by atoms with Crippen LogP contribution in [-0.4, -0.2) is 4.92 Å². The molecule has 5 nitrogen and oxygen atoms in total. The molecule has 0 heterocycles. The van der Waals surface area contributed by atoms with Gasteiger partial charge in [-0.15, -0.1) is 0 Å². The maximum atomic E-state index is 13.7. The molecule has 2 rings (SSSR count). The topological polar surface area (TPSA) is 79.0 Å². The lowest BCUT2D eigenvalue weighted by molar-refractivity contribution is -0.384. The fraction of sp³-hybridized carbons (Fsp3) is 0.133. The van der Waals surface area contributed by atoms with E-state index in [2.05, 4.69) is 5.32 Å². The summed E-state index contributed by atoms with van der Waals surface area (Å²) in [4.78, 5) is 10.1. The molecule has 0 aliphatic carbocycles. The van der Waals surface area contributed by atoms with Gasteiger partial charge >= 0.3 is 0 Å². The minimum absolute atomic E-state index is 0.0704. The standard InChI is InChI=1S/C15H12FN3O2/c1-10(12-4-2-11(9-17)3-5-12)18-15-8-13(19(20)21)6-7-14(15)16/h2-8,10,18H,1H3. The molecule has 0 bridgehead atoms. The molecule has 0 aromatic heterocycles. The molecule has 106 valence electrons. The first-order valence-electron chi connectivity index (χ1n) is 6.22. The summed E-state index contributed by atoms with van der Waals surface area (Å²) in [5.74, 6) is -0.555. The smallest absolute Gasteiger partial charge is 0.271 e. The summed E-state index contributed by atoms with van der Waals surface area (Å²) in [6.45, 7) is 1.81. The number of nitrogens with zero attached hydrogens (tertiary/aromatic N) is 2. The molecule has 21 heavy (non-hydrogen) atoms. The molecule has 6 heteroatoms. The number of nitriles is 1. The molecule has 0 radical (unpaired) electrons. The molecule has 0 aliphatic rings. The summed E-state index contributed by atoms with van der Waals surface area (Å²) in [5, 5.41) is 22.4. The van der Waals surface area contributed by atoms with E-state index in [0.717, 1.165) is 23.8 Å². The average Bonchev–Trinajstić information content (AvgIpc) is 2.49. The van der Waals surface area contributed by atoms with Crippen LogP contribution < -0.4 is 5.32 Å². The van der Waals surface area contributed by atoms with Crippen molar-refractivity contribution in [2.45, 2.75) is 13.0 Å². The molecule has 1 unspecified atom stereocenters. The van der Waals surface area contributed by atoms with E-state index in [1.165, 1.54) is 0 Å². The molecule has 0 aliphatic heterocycles. The molecule has 2 aromatic carbocycles. The number of nitrogens with one attached hydrogen (secondary N) is 1. The number of nitro benzene ring substituents is 1. The van der Waals surface area contributed by atoms with Gasteiger partial charge in [-0.05, 0) is 30.7 Å². The van der Waals surface area contributed by atoms with Gasteiger partial charge in [-0.2, -0.15) is 5.26 Å². The molecule has 0 fully saturated rings. The van der Waals surface area contributed by atoms with Gasteiger partial charge in [0.2, 0.25) is 0 Å². The Morgan fingerprint density at radius 3 is 2.52 bits per heavy atom. The van der Waals surface area contributed by atoms with Crippen LogP contribution >= 0.6 is 0 Å². The molecular formula is C15H12FN3O2. The van der Waals surface area contributed by atoms with Crippen molar-refractivity contribution >= 4 is 11.4 Å². The fourth-order valence-corrected chi connectivity index (χ4v) is 1.90. The summed E-state index contributed by atoms with van der Waals surface area (Å²) in [7, 11) is 0. The van der Waals surface area contributed by atoms with Gasteiger partial charge in [-0.1, -0.05) is 12.1 Å². The fourth-order valence-electron chi connectivity index (χ4n) is 1.90. The van der Waals surface area contributed by atoms with E-state index in [4.69, 9.17) is 5.26 Å². The van der Waals surface area contributed by atoms with Gasteiger partial charge in [0.15, 0.2) is 0 Å². The monoisotopic (exact) mass is 285 g/mol. The lowest BCUT2D eigenvalue weighted by Crippen LogP contribution is -2.08. The van der Waals surface area contributed by atoms with Crippen molar-refractivity contribution < 1.29 is 9.31 Å². The van der Waals surface area contributed by atoms with Crippen LogP contribution in [0.5, 0.6) is 0 Å². The number of rotatable bonds is 4. The van der Waals surface area contributed by atoms with Crippen LogP contribution in [0.4, 0.5) is 15.8 Å². The first-order chi connectivity index (χ1) is 10.0. The van der Waals surface area contributed by atoms with E-state index in [9.17, 15) is 14.5 Å². The summed E-state index contributed by atoms with van der Waals surface area (Å²) in [6, 6.07) is 11.9. The zero-order chi connectivity index (χ0) is 15.4. The Morgan fingerprint density at radius 1 is 1.29 bits per heavy atom. The lowest BCUT2D eigenvalue weighted by atomic mass is 10.1. The SMILES string of the molecule is CC(Nc1cc([N+](=O)[O-])ccc1F)c1ccc(C#N)cc1. The van der Waals surface area contributed by atoms with Crippen molar-refractivity contribution in [3.05, 3.63) is 69.5 Å². The molecule has 1 N–H and O–H groups in total. The predicted molar refractivity (Wildman–Crippen MR) is 76.2 cm³/mol. The largest absolute Gasteiger partial charge is 0.376 e. The van der Waals surface area contributed by atoms with Crippen LogP contribution in [0.1, 0.15) is 24.1 Å². The second-order valence-corrected chi connectivity index (χ2v) is 4.52. The van der Waals surface area contributed by atoms with Crippen molar-refractivity contribution in [2.75, 3.05) is 5.32 Å². The van der Waals surface area contributed by atoms with E-state index in [1.54, 1.807) is 31.2 Å². The quantitative estimate of drug-likeness (QED) is 0.685.